The predicted molar refractivity (Wildman–Crippen MR) is 80.0 cm³/mol. The Labute approximate surface area is 126 Å². The largest absolute Gasteiger partial charge is 0.481 e. The molecule has 0 aliphatic carbocycles. The second-order valence-electron chi connectivity index (χ2n) is 6.93. The van der Waals surface area contributed by atoms with E-state index in [1.54, 1.807) is 4.90 Å². The number of hydrogen-bond acceptors (Lipinski definition) is 3. The number of carboxylic acids is 1. The number of likely N-dealkylation sites (tertiary alicyclic amines) is 1. The highest BCUT2D eigenvalue weighted by atomic mass is 16.4. The van der Waals surface area contributed by atoms with Gasteiger partial charge >= 0.3 is 12.0 Å². The predicted octanol–water partition coefficient (Wildman–Crippen LogP) is 1.68. The summed E-state index contributed by atoms with van der Waals surface area (Å²) in [4.78, 5) is 25.0. The zero-order valence-corrected chi connectivity index (χ0v) is 13.3. The minimum atomic E-state index is -0.910. The van der Waals surface area contributed by atoms with Gasteiger partial charge in [0.2, 0.25) is 0 Å². The smallest absolute Gasteiger partial charge is 0.317 e. The lowest BCUT2D eigenvalue weighted by Crippen LogP contribution is -2.52. The Kier molecular flexibility index (Phi) is 6.45. The number of nitrogens with one attached hydrogen (secondary N) is 1. The highest BCUT2D eigenvalue weighted by molar-refractivity contribution is 5.76. The molecule has 0 radical (unpaired) electrons. The number of carbonyl (C=O) groups is 2. The number of hydrogen-bond donors (Lipinski definition) is 3. The molecule has 0 saturated carbocycles. The molecule has 6 nitrogen and oxygen atoms in total. The number of carboxylic acid groups (broad SMARTS) is 1. The summed E-state index contributed by atoms with van der Waals surface area (Å²) in [6.07, 6.45) is 2.59. The minimum Gasteiger partial charge on any atom is -0.481 e. The fourth-order valence-electron chi connectivity index (χ4n) is 2.66. The summed E-state index contributed by atoms with van der Waals surface area (Å²) < 4.78 is 0. The standard InChI is InChI=1S/C15H28N2O4/c1-15(2,3)12(9-13(19)20)16-14(21)17-7-4-5-11(10-17)6-8-18/h11-12,18H,4-10H2,1-3H3,(H,16,21)(H,19,20). The van der Waals surface area contributed by atoms with Crippen LogP contribution in [0.3, 0.4) is 0 Å². The van der Waals surface area contributed by atoms with Gasteiger partial charge in [-0.05, 0) is 30.6 Å². The van der Waals surface area contributed by atoms with Crippen LogP contribution < -0.4 is 5.32 Å². The van der Waals surface area contributed by atoms with Crippen LogP contribution in [0.5, 0.6) is 0 Å². The molecule has 122 valence electrons. The Morgan fingerprint density at radius 1 is 1.38 bits per heavy atom. The molecule has 1 fully saturated rings. The van der Waals surface area contributed by atoms with E-state index in [1.165, 1.54) is 0 Å². The molecule has 1 rings (SSSR count). The van der Waals surface area contributed by atoms with Crippen LogP contribution in [0.2, 0.25) is 0 Å². The second kappa shape index (κ2) is 7.64. The highest BCUT2D eigenvalue weighted by Crippen LogP contribution is 2.23. The molecule has 0 bridgehead atoms. The third-order valence-electron chi connectivity index (χ3n) is 4.07. The van der Waals surface area contributed by atoms with Crippen molar-refractivity contribution in [1.29, 1.82) is 0 Å². The van der Waals surface area contributed by atoms with Gasteiger partial charge in [0.25, 0.3) is 0 Å². The molecular formula is C15H28N2O4. The number of aliphatic hydroxyl groups is 1. The van der Waals surface area contributed by atoms with Crippen molar-refractivity contribution >= 4 is 12.0 Å². The Morgan fingerprint density at radius 3 is 2.57 bits per heavy atom. The van der Waals surface area contributed by atoms with E-state index < -0.39 is 12.0 Å². The molecule has 21 heavy (non-hydrogen) atoms. The van der Waals surface area contributed by atoms with Crippen LogP contribution in [0.4, 0.5) is 4.79 Å². The number of aliphatic hydroxyl groups excluding tert-OH is 1. The van der Waals surface area contributed by atoms with Crippen LogP contribution in [0, 0.1) is 11.3 Å². The van der Waals surface area contributed by atoms with Crippen molar-refractivity contribution < 1.29 is 19.8 Å². The molecule has 1 heterocycles. The van der Waals surface area contributed by atoms with E-state index in [0.717, 1.165) is 12.8 Å². The molecule has 1 saturated heterocycles. The molecule has 3 N–H and O–H groups in total. The summed E-state index contributed by atoms with van der Waals surface area (Å²) in [5.74, 6) is -0.575. The lowest BCUT2D eigenvalue weighted by molar-refractivity contribution is -0.138. The van der Waals surface area contributed by atoms with E-state index in [0.29, 0.717) is 25.4 Å². The normalized spacial score (nSPS) is 21.0. The van der Waals surface area contributed by atoms with Crippen molar-refractivity contribution in [3.63, 3.8) is 0 Å². The van der Waals surface area contributed by atoms with Crippen LogP contribution >= 0.6 is 0 Å². The van der Waals surface area contributed by atoms with E-state index in [9.17, 15) is 9.59 Å². The molecule has 2 unspecified atom stereocenters. The number of aliphatic carboxylic acids is 1. The fraction of sp³-hybridized carbons (Fsp3) is 0.867. The van der Waals surface area contributed by atoms with Crippen LogP contribution in [-0.2, 0) is 4.79 Å². The van der Waals surface area contributed by atoms with Crippen molar-refractivity contribution in [3.05, 3.63) is 0 Å². The molecule has 0 aromatic heterocycles. The van der Waals surface area contributed by atoms with Crippen LogP contribution in [-0.4, -0.2) is 52.9 Å². The third kappa shape index (κ3) is 5.91. The third-order valence-corrected chi connectivity index (χ3v) is 4.07. The topological polar surface area (TPSA) is 89.9 Å². The average molecular weight is 300 g/mol. The van der Waals surface area contributed by atoms with Gasteiger partial charge in [-0.3, -0.25) is 4.79 Å². The van der Waals surface area contributed by atoms with Crippen LogP contribution in [0.15, 0.2) is 0 Å². The zero-order chi connectivity index (χ0) is 16.0. The van der Waals surface area contributed by atoms with Crippen molar-refractivity contribution in [2.45, 2.75) is 52.5 Å². The fourth-order valence-corrected chi connectivity index (χ4v) is 2.66. The Hall–Kier alpha value is -1.30. The first kappa shape index (κ1) is 17.8. The van der Waals surface area contributed by atoms with E-state index in [1.807, 2.05) is 20.8 Å². The van der Waals surface area contributed by atoms with Gasteiger partial charge in [0.1, 0.15) is 0 Å². The molecule has 0 spiro atoms. The number of amides is 2. The van der Waals surface area contributed by atoms with Crippen molar-refractivity contribution in [1.82, 2.24) is 10.2 Å². The van der Waals surface area contributed by atoms with E-state index in [4.69, 9.17) is 10.2 Å². The summed E-state index contributed by atoms with van der Waals surface area (Å²) >= 11 is 0. The molecule has 2 atom stereocenters. The number of rotatable bonds is 5. The van der Waals surface area contributed by atoms with E-state index in [-0.39, 0.29) is 24.5 Å². The van der Waals surface area contributed by atoms with Gasteiger partial charge in [-0.1, -0.05) is 20.8 Å². The molecule has 0 aromatic rings. The maximum absolute atomic E-state index is 12.3. The SMILES string of the molecule is CC(C)(C)C(CC(=O)O)NC(=O)N1CCCC(CCO)C1. The van der Waals surface area contributed by atoms with Gasteiger partial charge in [0, 0.05) is 25.7 Å². The van der Waals surface area contributed by atoms with Gasteiger partial charge in [0.15, 0.2) is 0 Å². The second-order valence-corrected chi connectivity index (χ2v) is 6.93. The van der Waals surface area contributed by atoms with Crippen molar-refractivity contribution in [2.24, 2.45) is 11.3 Å². The van der Waals surface area contributed by atoms with Crippen LogP contribution in [0.1, 0.15) is 46.5 Å². The molecule has 6 heteroatoms. The Balaban J connectivity index is 2.62. The summed E-state index contributed by atoms with van der Waals surface area (Å²) in [7, 11) is 0. The highest BCUT2D eigenvalue weighted by Gasteiger charge is 2.31. The lowest BCUT2D eigenvalue weighted by Gasteiger charge is -2.36. The Bertz CT molecular complexity index is 363. The maximum Gasteiger partial charge on any atom is 0.317 e. The first-order chi connectivity index (χ1) is 9.74. The first-order valence-electron chi connectivity index (χ1n) is 7.62. The maximum atomic E-state index is 12.3. The van der Waals surface area contributed by atoms with E-state index >= 15 is 0 Å². The first-order valence-corrected chi connectivity index (χ1v) is 7.62. The summed E-state index contributed by atoms with van der Waals surface area (Å²) in [5, 5.41) is 20.9. The zero-order valence-electron chi connectivity index (χ0n) is 13.3. The molecule has 2 amide bonds. The number of carbonyl (C=O) groups excluding carboxylic acids is 1. The summed E-state index contributed by atoms with van der Waals surface area (Å²) in [6, 6.07) is -0.598. The summed E-state index contributed by atoms with van der Waals surface area (Å²) in [5.41, 5.74) is -0.311. The Morgan fingerprint density at radius 2 is 2.05 bits per heavy atom. The van der Waals surface area contributed by atoms with E-state index in [2.05, 4.69) is 5.32 Å². The molecule has 0 aromatic carbocycles. The number of piperidine rings is 1. The van der Waals surface area contributed by atoms with Gasteiger partial charge in [0.05, 0.1) is 6.42 Å². The summed E-state index contributed by atoms with van der Waals surface area (Å²) in [6.45, 7) is 7.24. The number of nitrogens with zero attached hydrogens (tertiary/aromatic N) is 1. The molecule has 1 aliphatic rings. The van der Waals surface area contributed by atoms with Gasteiger partial charge in [-0.15, -0.1) is 0 Å². The van der Waals surface area contributed by atoms with Gasteiger partial charge < -0.3 is 20.4 Å². The average Bonchev–Trinajstić information content (AvgIpc) is 2.37. The van der Waals surface area contributed by atoms with Crippen molar-refractivity contribution in [2.75, 3.05) is 19.7 Å². The van der Waals surface area contributed by atoms with Crippen LogP contribution in [0.25, 0.3) is 0 Å². The van der Waals surface area contributed by atoms with Gasteiger partial charge in [-0.25, -0.2) is 4.79 Å². The quantitative estimate of drug-likeness (QED) is 0.720. The number of urea groups is 1. The minimum absolute atomic E-state index is 0.0802. The van der Waals surface area contributed by atoms with Gasteiger partial charge in [-0.2, -0.15) is 0 Å². The molecular weight excluding hydrogens is 272 g/mol. The monoisotopic (exact) mass is 300 g/mol. The van der Waals surface area contributed by atoms with Crippen molar-refractivity contribution in [3.8, 4) is 0 Å². The molecule has 1 aliphatic heterocycles. The lowest BCUT2D eigenvalue weighted by atomic mass is 9.85.